The lowest BCUT2D eigenvalue weighted by atomic mass is 10.1. The third kappa shape index (κ3) is 2.64. The van der Waals surface area contributed by atoms with Gasteiger partial charge in [0.05, 0.1) is 21.9 Å². The molecule has 2 aromatic carbocycles. The van der Waals surface area contributed by atoms with Crippen LogP contribution in [0.25, 0.3) is 10.9 Å². The molecule has 0 spiro atoms. The topological polar surface area (TPSA) is 90.1 Å². The molecular weight excluding hydrogens is 284 g/mol. The Balaban J connectivity index is 1.88. The van der Waals surface area contributed by atoms with Crippen LogP contribution in [-0.2, 0) is 11.2 Å². The second-order valence-electron chi connectivity index (χ2n) is 4.70. The number of aromatic nitrogens is 2. The van der Waals surface area contributed by atoms with Gasteiger partial charge in [-0.05, 0) is 17.7 Å². The number of anilines is 1. The Morgan fingerprint density at radius 2 is 1.82 bits per heavy atom. The lowest BCUT2D eigenvalue weighted by Crippen LogP contribution is -2.16. The molecule has 7 nitrogen and oxygen atoms in total. The summed E-state index contributed by atoms with van der Waals surface area (Å²) in [6.07, 6.45) is 0.181. The number of nitrogens with one attached hydrogen (secondary N) is 1. The number of rotatable bonds is 4. The summed E-state index contributed by atoms with van der Waals surface area (Å²) in [4.78, 5) is 23.7. The molecule has 0 radical (unpaired) electrons. The van der Waals surface area contributed by atoms with E-state index in [9.17, 15) is 14.9 Å². The van der Waals surface area contributed by atoms with Crippen molar-refractivity contribution in [3.8, 4) is 0 Å². The Morgan fingerprint density at radius 3 is 2.55 bits per heavy atom. The molecule has 0 atom stereocenters. The zero-order valence-corrected chi connectivity index (χ0v) is 11.5. The highest BCUT2D eigenvalue weighted by atomic mass is 16.7. The number of hydrogen-bond donors (Lipinski definition) is 1. The summed E-state index contributed by atoms with van der Waals surface area (Å²) in [5.41, 5.74) is 1.19. The van der Waals surface area contributed by atoms with Gasteiger partial charge in [0.15, 0.2) is 0 Å². The SMILES string of the molecule is O=C(Cc1ccccc1)Nc1nn([N+](=O)[O-])c2ccccc12. The van der Waals surface area contributed by atoms with Gasteiger partial charge in [0, 0.05) is 4.79 Å². The predicted molar refractivity (Wildman–Crippen MR) is 80.9 cm³/mol. The molecule has 0 aliphatic rings. The first-order chi connectivity index (χ1) is 10.6. The Labute approximate surface area is 125 Å². The highest BCUT2D eigenvalue weighted by molar-refractivity contribution is 6.00. The first-order valence-corrected chi connectivity index (χ1v) is 6.61. The number of nitro groups is 1. The highest BCUT2D eigenvalue weighted by Gasteiger charge is 2.20. The van der Waals surface area contributed by atoms with Crippen molar-refractivity contribution in [1.29, 1.82) is 0 Å². The summed E-state index contributed by atoms with van der Waals surface area (Å²) in [5.74, 6) is -0.0850. The van der Waals surface area contributed by atoms with Gasteiger partial charge in [0.25, 0.3) is 5.82 Å². The van der Waals surface area contributed by atoms with Crippen LogP contribution in [0.5, 0.6) is 0 Å². The van der Waals surface area contributed by atoms with Crippen molar-refractivity contribution >= 4 is 22.6 Å². The molecule has 3 rings (SSSR count). The van der Waals surface area contributed by atoms with E-state index in [0.717, 1.165) is 5.56 Å². The van der Waals surface area contributed by atoms with Gasteiger partial charge in [0.1, 0.15) is 5.52 Å². The summed E-state index contributed by atoms with van der Waals surface area (Å²) in [6, 6.07) is 15.9. The van der Waals surface area contributed by atoms with Crippen LogP contribution in [-0.4, -0.2) is 20.8 Å². The van der Waals surface area contributed by atoms with Gasteiger partial charge in [-0.15, -0.1) is 0 Å². The summed E-state index contributed by atoms with van der Waals surface area (Å²) in [7, 11) is 0. The third-order valence-corrected chi connectivity index (χ3v) is 3.19. The van der Waals surface area contributed by atoms with Gasteiger partial charge in [-0.2, -0.15) is 0 Å². The molecule has 0 aliphatic heterocycles. The van der Waals surface area contributed by atoms with Gasteiger partial charge >= 0.3 is 0 Å². The Kier molecular flexibility index (Phi) is 3.53. The summed E-state index contributed by atoms with van der Waals surface area (Å²) < 4.78 is 0. The van der Waals surface area contributed by atoms with E-state index in [1.807, 2.05) is 30.3 Å². The molecule has 0 saturated heterocycles. The van der Waals surface area contributed by atoms with E-state index in [1.165, 1.54) is 0 Å². The van der Waals surface area contributed by atoms with Crippen LogP contribution in [0, 0.1) is 10.1 Å². The molecule has 1 amide bonds. The molecule has 1 aromatic heterocycles. The maximum atomic E-state index is 12.1. The van der Waals surface area contributed by atoms with E-state index in [4.69, 9.17) is 0 Å². The van der Waals surface area contributed by atoms with E-state index < -0.39 is 5.03 Å². The monoisotopic (exact) mass is 296 g/mol. The number of fused-ring (bicyclic) bond motifs is 1. The van der Waals surface area contributed by atoms with Gasteiger partial charge in [0.2, 0.25) is 5.91 Å². The average molecular weight is 296 g/mol. The minimum Gasteiger partial charge on any atom is -0.339 e. The van der Waals surface area contributed by atoms with Crippen molar-refractivity contribution in [3.63, 3.8) is 0 Å². The van der Waals surface area contributed by atoms with E-state index in [1.54, 1.807) is 24.3 Å². The second kappa shape index (κ2) is 5.65. The number of carbonyl (C=O) groups excluding carboxylic acids is 1. The predicted octanol–water partition coefficient (Wildman–Crippen LogP) is 2.26. The average Bonchev–Trinajstić information content (AvgIpc) is 2.87. The van der Waals surface area contributed by atoms with Crippen molar-refractivity contribution < 1.29 is 9.83 Å². The molecule has 22 heavy (non-hydrogen) atoms. The molecule has 0 aliphatic carbocycles. The van der Waals surface area contributed by atoms with Crippen molar-refractivity contribution in [3.05, 3.63) is 70.3 Å². The minimum atomic E-state index is -0.630. The van der Waals surface area contributed by atoms with E-state index in [0.29, 0.717) is 15.7 Å². The Bertz CT molecular complexity index is 842. The molecule has 3 aromatic rings. The van der Waals surface area contributed by atoms with Crippen molar-refractivity contribution in [2.24, 2.45) is 0 Å². The minimum absolute atomic E-state index is 0.181. The van der Waals surface area contributed by atoms with Crippen LogP contribution in [0.2, 0.25) is 0 Å². The van der Waals surface area contributed by atoms with Gasteiger partial charge in [-0.25, -0.2) is 0 Å². The Hall–Kier alpha value is -3.22. The first-order valence-electron chi connectivity index (χ1n) is 6.61. The summed E-state index contributed by atoms with van der Waals surface area (Å²) in [6.45, 7) is 0. The van der Waals surface area contributed by atoms with E-state index >= 15 is 0 Å². The zero-order valence-electron chi connectivity index (χ0n) is 11.5. The third-order valence-electron chi connectivity index (χ3n) is 3.19. The molecule has 0 fully saturated rings. The zero-order chi connectivity index (χ0) is 15.5. The standard InChI is InChI=1S/C15H12N4O3/c20-14(10-11-6-2-1-3-7-11)16-15-12-8-4-5-9-13(12)18(17-15)19(21)22/h1-9H,10H2,(H,16,17,20). The van der Waals surface area contributed by atoms with Crippen molar-refractivity contribution in [1.82, 2.24) is 9.89 Å². The smallest absolute Gasteiger partial charge is 0.283 e. The fourth-order valence-corrected chi connectivity index (χ4v) is 2.23. The first kappa shape index (κ1) is 13.7. The summed E-state index contributed by atoms with van der Waals surface area (Å²) in [5, 5.41) is 17.4. The molecule has 7 heteroatoms. The second-order valence-corrected chi connectivity index (χ2v) is 4.70. The van der Waals surface area contributed by atoms with E-state index in [-0.39, 0.29) is 18.1 Å². The molecule has 1 N–H and O–H groups in total. The maximum Gasteiger partial charge on any atom is 0.283 e. The summed E-state index contributed by atoms with van der Waals surface area (Å²) >= 11 is 0. The highest BCUT2D eigenvalue weighted by Crippen LogP contribution is 2.22. The van der Waals surface area contributed by atoms with Crippen molar-refractivity contribution in [2.45, 2.75) is 6.42 Å². The number of hydrogen-bond acceptors (Lipinski definition) is 4. The lowest BCUT2D eigenvalue weighted by Gasteiger charge is -2.00. The van der Waals surface area contributed by atoms with Crippen LogP contribution in [0.3, 0.4) is 0 Å². The number of benzene rings is 2. The quantitative estimate of drug-likeness (QED) is 0.590. The van der Waals surface area contributed by atoms with Gasteiger partial charge in [-0.1, -0.05) is 42.5 Å². The van der Waals surface area contributed by atoms with Gasteiger partial charge < -0.3 is 10.1 Å². The van der Waals surface area contributed by atoms with Crippen LogP contribution in [0.1, 0.15) is 5.56 Å². The van der Waals surface area contributed by atoms with Crippen LogP contribution in [0.4, 0.5) is 5.82 Å². The number of amides is 1. The molecule has 0 bridgehead atoms. The number of nitrogens with zero attached hydrogens (tertiary/aromatic N) is 3. The van der Waals surface area contributed by atoms with Crippen LogP contribution >= 0.6 is 0 Å². The molecule has 0 unspecified atom stereocenters. The Morgan fingerprint density at radius 1 is 1.14 bits per heavy atom. The number of para-hydroxylation sites is 1. The molecule has 1 heterocycles. The molecule has 110 valence electrons. The lowest BCUT2D eigenvalue weighted by molar-refractivity contribution is -0.548. The maximum absolute atomic E-state index is 12.1. The molecular formula is C15H12N4O3. The fourth-order valence-electron chi connectivity index (χ4n) is 2.23. The fraction of sp³-hybridized carbons (Fsp3) is 0.0667. The molecule has 0 saturated carbocycles. The van der Waals surface area contributed by atoms with Crippen LogP contribution < -0.4 is 5.32 Å². The normalized spacial score (nSPS) is 10.5. The van der Waals surface area contributed by atoms with E-state index in [2.05, 4.69) is 10.4 Å². The number of carbonyl (C=O) groups is 1. The van der Waals surface area contributed by atoms with Crippen molar-refractivity contribution in [2.75, 3.05) is 5.32 Å². The van der Waals surface area contributed by atoms with Gasteiger partial charge in [-0.3, -0.25) is 10.1 Å². The largest absolute Gasteiger partial charge is 0.339 e. The van der Waals surface area contributed by atoms with Crippen LogP contribution in [0.15, 0.2) is 54.6 Å².